The lowest BCUT2D eigenvalue weighted by Crippen LogP contribution is -2.10. The highest BCUT2D eigenvalue weighted by Gasteiger charge is 2.12. The fourth-order valence-electron chi connectivity index (χ4n) is 1.59. The van der Waals surface area contributed by atoms with E-state index >= 15 is 0 Å². The molecule has 0 spiro atoms. The monoisotopic (exact) mass is 261 g/mol. The third-order valence-corrected chi connectivity index (χ3v) is 3.51. The summed E-state index contributed by atoms with van der Waals surface area (Å²) in [6.07, 6.45) is 3.12. The summed E-state index contributed by atoms with van der Waals surface area (Å²) in [5.41, 5.74) is 1.79. The van der Waals surface area contributed by atoms with E-state index in [-0.39, 0.29) is 5.91 Å². The Hall–Kier alpha value is -1.75. The van der Waals surface area contributed by atoms with E-state index in [1.165, 1.54) is 11.3 Å². The van der Waals surface area contributed by atoms with Gasteiger partial charge in [0.2, 0.25) is 5.91 Å². The molecule has 0 aliphatic heterocycles. The van der Waals surface area contributed by atoms with Crippen molar-refractivity contribution < 1.29 is 4.79 Å². The van der Waals surface area contributed by atoms with Gasteiger partial charge in [0, 0.05) is 12.6 Å². The average Bonchev–Trinajstić information content (AvgIpc) is 2.71. The first kappa shape index (κ1) is 12.7. The number of nitrogens with one attached hydrogen (secondary N) is 1. The van der Waals surface area contributed by atoms with Crippen molar-refractivity contribution in [3.8, 4) is 10.6 Å². The lowest BCUT2D eigenvalue weighted by atomic mass is 10.3. The van der Waals surface area contributed by atoms with E-state index in [4.69, 9.17) is 0 Å². The maximum absolute atomic E-state index is 11.5. The smallest absolute Gasteiger partial charge is 0.226 e. The number of nitrogens with zero attached hydrogens (tertiary/aromatic N) is 2. The lowest BCUT2D eigenvalue weighted by Gasteiger charge is -1.98. The van der Waals surface area contributed by atoms with E-state index < -0.39 is 0 Å². The third-order valence-electron chi connectivity index (χ3n) is 2.42. The molecule has 2 heterocycles. The van der Waals surface area contributed by atoms with Crippen LogP contribution in [0.15, 0.2) is 24.4 Å². The summed E-state index contributed by atoms with van der Waals surface area (Å²) in [6, 6.07) is 5.76. The van der Waals surface area contributed by atoms with Crippen LogP contribution in [-0.4, -0.2) is 15.9 Å². The predicted octanol–water partition coefficient (Wildman–Crippen LogP) is 3.25. The molecule has 1 N–H and O–H groups in total. The third kappa shape index (κ3) is 2.92. The Morgan fingerprint density at radius 3 is 2.94 bits per heavy atom. The number of rotatable bonds is 4. The van der Waals surface area contributed by atoms with Gasteiger partial charge in [-0.25, -0.2) is 4.98 Å². The number of aryl methyl sites for hydroxylation is 1. The van der Waals surface area contributed by atoms with Crippen LogP contribution in [0.2, 0.25) is 0 Å². The lowest BCUT2D eigenvalue weighted by molar-refractivity contribution is -0.116. The number of pyridine rings is 1. The molecule has 0 saturated heterocycles. The number of carbonyl (C=O) groups excluding carboxylic acids is 1. The molecule has 0 bridgehead atoms. The first-order valence-electron chi connectivity index (χ1n) is 5.89. The molecule has 2 rings (SSSR count). The number of aromatic nitrogens is 2. The van der Waals surface area contributed by atoms with Crippen LogP contribution in [-0.2, 0) is 4.79 Å². The molecule has 0 atom stereocenters. The average molecular weight is 261 g/mol. The van der Waals surface area contributed by atoms with E-state index in [0.717, 1.165) is 22.7 Å². The molecule has 0 radical (unpaired) electrons. The van der Waals surface area contributed by atoms with Crippen LogP contribution in [0.4, 0.5) is 5.13 Å². The molecule has 94 valence electrons. The quantitative estimate of drug-likeness (QED) is 0.919. The van der Waals surface area contributed by atoms with Gasteiger partial charge in [-0.2, -0.15) is 0 Å². The molecule has 2 aromatic heterocycles. The van der Waals surface area contributed by atoms with Gasteiger partial charge in [0.05, 0.1) is 16.3 Å². The van der Waals surface area contributed by atoms with Crippen LogP contribution < -0.4 is 5.32 Å². The Labute approximate surface area is 110 Å². The number of amides is 1. The number of thiazole rings is 1. The minimum absolute atomic E-state index is 0.0128. The molecule has 1 amide bonds. The summed E-state index contributed by atoms with van der Waals surface area (Å²) in [5, 5.41) is 3.46. The van der Waals surface area contributed by atoms with E-state index in [9.17, 15) is 4.79 Å². The zero-order valence-electron chi connectivity index (χ0n) is 10.4. The highest BCUT2D eigenvalue weighted by molar-refractivity contribution is 7.19. The fourth-order valence-corrected chi connectivity index (χ4v) is 2.55. The minimum Gasteiger partial charge on any atom is -0.302 e. The van der Waals surface area contributed by atoms with Crippen LogP contribution in [0, 0.1) is 6.92 Å². The van der Waals surface area contributed by atoms with Gasteiger partial charge in [-0.15, -0.1) is 0 Å². The summed E-state index contributed by atoms with van der Waals surface area (Å²) in [6.45, 7) is 3.90. The van der Waals surface area contributed by atoms with Crippen LogP contribution >= 0.6 is 11.3 Å². The standard InChI is InChI=1S/C13H15N3OS/c1-3-6-11(17)16-13-15-9(2)12(18-13)10-7-4-5-8-14-10/h4-5,7-8H,3,6H2,1-2H3,(H,15,16,17). The van der Waals surface area contributed by atoms with E-state index in [0.29, 0.717) is 11.6 Å². The summed E-state index contributed by atoms with van der Waals surface area (Å²) in [5.74, 6) is 0.0128. The highest BCUT2D eigenvalue weighted by atomic mass is 32.1. The van der Waals surface area contributed by atoms with Crippen molar-refractivity contribution in [3.05, 3.63) is 30.1 Å². The molecule has 0 aliphatic carbocycles. The summed E-state index contributed by atoms with van der Waals surface area (Å²) >= 11 is 1.46. The second-order valence-corrected chi connectivity index (χ2v) is 4.95. The van der Waals surface area contributed by atoms with Crippen molar-refractivity contribution in [1.82, 2.24) is 9.97 Å². The van der Waals surface area contributed by atoms with E-state index in [1.54, 1.807) is 6.20 Å². The molecule has 0 fully saturated rings. The molecular formula is C13H15N3OS. The predicted molar refractivity (Wildman–Crippen MR) is 73.6 cm³/mol. The first-order chi connectivity index (χ1) is 8.70. The van der Waals surface area contributed by atoms with Crippen LogP contribution in [0.1, 0.15) is 25.5 Å². The first-order valence-corrected chi connectivity index (χ1v) is 6.71. The van der Waals surface area contributed by atoms with Gasteiger partial charge in [0.1, 0.15) is 0 Å². The van der Waals surface area contributed by atoms with E-state index in [2.05, 4.69) is 15.3 Å². The Bertz CT molecular complexity index is 536. The molecule has 4 nitrogen and oxygen atoms in total. The second kappa shape index (κ2) is 5.73. The number of anilines is 1. The van der Waals surface area contributed by atoms with Crippen LogP contribution in [0.5, 0.6) is 0 Å². The molecule has 2 aromatic rings. The molecule has 0 unspecified atom stereocenters. The van der Waals surface area contributed by atoms with Gasteiger partial charge in [0.25, 0.3) is 0 Å². The van der Waals surface area contributed by atoms with Gasteiger partial charge < -0.3 is 5.32 Å². The zero-order chi connectivity index (χ0) is 13.0. The molecule has 0 aliphatic rings. The maximum Gasteiger partial charge on any atom is 0.226 e. The van der Waals surface area contributed by atoms with Crippen molar-refractivity contribution in [2.45, 2.75) is 26.7 Å². The Kier molecular flexibility index (Phi) is 4.04. The molecule has 18 heavy (non-hydrogen) atoms. The largest absolute Gasteiger partial charge is 0.302 e. The van der Waals surface area contributed by atoms with Crippen molar-refractivity contribution in [2.24, 2.45) is 0 Å². The van der Waals surface area contributed by atoms with Crippen LogP contribution in [0.3, 0.4) is 0 Å². The summed E-state index contributed by atoms with van der Waals surface area (Å²) in [7, 11) is 0. The van der Waals surface area contributed by atoms with Gasteiger partial charge >= 0.3 is 0 Å². The van der Waals surface area contributed by atoms with E-state index in [1.807, 2.05) is 32.0 Å². The Morgan fingerprint density at radius 1 is 1.44 bits per heavy atom. The van der Waals surface area contributed by atoms with Crippen molar-refractivity contribution in [3.63, 3.8) is 0 Å². The second-order valence-electron chi connectivity index (χ2n) is 3.95. The summed E-state index contributed by atoms with van der Waals surface area (Å²) < 4.78 is 0. The van der Waals surface area contributed by atoms with Crippen LogP contribution in [0.25, 0.3) is 10.6 Å². The Morgan fingerprint density at radius 2 is 2.28 bits per heavy atom. The molecular weight excluding hydrogens is 246 g/mol. The normalized spacial score (nSPS) is 10.3. The molecule has 0 saturated carbocycles. The number of hydrogen-bond donors (Lipinski definition) is 1. The SMILES string of the molecule is CCCC(=O)Nc1nc(C)c(-c2ccccn2)s1. The summed E-state index contributed by atoms with van der Waals surface area (Å²) in [4.78, 5) is 21.2. The van der Waals surface area contributed by atoms with Gasteiger partial charge in [0.15, 0.2) is 5.13 Å². The van der Waals surface area contributed by atoms with Crippen molar-refractivity contribution in [2.75, 3.05) is 5.32 Å². The maximum atomic E-state index is 11.5. The fraction of sp³-hybridized carbons (Fsp3) is 0.308. The molecule has 0 aromatic carbocycles. The highest BCUT2D eigenvalue weighted by Crippen LogP contribution is 2.31. The number of carbonyl (C=O) groups is 1. The molecule has 5 heteroatoms. The van der Waals surface area contributed by atoms with Crippen molar-refractivity contribution >= 4 is 22.4 Å². The van der Waals surface area contributed by atoms with Gasteiger partial charge in [-0.1, -0.05) is 24.3 Å². The number of hydrogen-bond acceptors (Lipinski definition) is 4. The Balaban J connectivity index is 2.20. The zero-order valence-corrected chi connectivity index (χ0v) is 11.3. The van der Waals surface area contributed by atoms with Gasteiger partial charge in [-0.3, -0.25) is 9.78 Å². The minimum atomic E-state index is 0.0128. The van der Waals surface area contributed by atoms with Gasteiger partial charge in [-0.05, 0) is 25.5 Å². The van der Waals surface area contributed by atoms with Crippen molar-refractivity contribution in [1.29, 1.82) is 0 Å². The topological polar surface area (TPSA) is 54.9 Å².